The molecule has 0 aliphatic heterocycles. The molecule has 1 fully saturated rings. The smallest absolute Gasteiger partial charge is 0.251 e. The van der Waals surface area contributed by atoms with Crippen LogP contribution in [0.25, 0.3) is 5.69 Å². The first kappa shape index (κ1) is 18.4. The van der Waals surface area contributed by atoms with Crippen molar-refractivity contribution in [2.75, 3.05) is 5.73 Å². The number of benzene rings is 2. The monoisotopic (exact) mass is 385 g/mol. The Morgan fingerprint density at radius 2 is 1.97 bits per heavy atom. The first-order valence-corrected chi connectivity index (χ1v) is 9.29. The minimum Gasteiger partial charge on any atom is -0.383 e. The molecule has 0 atom stereocenters. The summed E-state index contributed by atoms with van der Waals surface area (Å²) in [4.78, 5) is 25.4. The Bertz CT molecular complexity index is 1170. The third kappa shape index (κ3) is 3.48. The van der Waals surface area contributed by atoms with Gasteiger partial charge in [0.1, 0.15) is 5.82 Å². The first-order chi connectivity index (χ1) is 14.0. The van der Waals surface area contributed by atoms with Crippen LogP contribution in [0.2, 0.25) is 0 Å². The van der Waals surface area contributed by atoms with Crippen molar-refractivity contribution in [3.05, 3.63) is 76.5 Å². The maximum atomic E-state index is 12.9. The Kier molecular flexibility index (Phi) is 4.61. The summed E-state index contributed by atoms with van der Waals surface area (Å²) in [6, 6.07) is 14.0. The summed E-state index contributed by atoms with van der Waals surface area (Å²) in [5.74, 6) is -0.256. The molecule has 0 spiro atoms. The number of carbonyl (C=O) groups excluding carboxylic acids is 2. The topological polar surface area (TPSA) is 114 Å². The molecular weight excluding hydrogens is 366 g/mol. The van der Waals surface area contributed by atoms with E-state index in [9.17, 15) is 9.59 Å². The number of nitrogens with two attached hydrogens (primary N) is 1. The molecule has 0 radical (unpaired) electrons. The van der Waals surface area contributed by atoms with Gasteiger partial charge in [0.2, 0.25) is 0 Å². The lowest BCUT2D eigenvalue weighted by Gasteiger charge is -2.13. The molecule has 1 aromatic heterocycles. The van der Waals surface area contributed by atoms with Crippen LogP contribution in [0, 0.1) is 18.3 Å². The van der Waals surface area contributed by atoms with E-state index in [1.54, 1.807) is 36.4 Å². The lowest BCUT2D eigenvalue weighted by atomic mass is 10.0. The second-order valence-corrected chi connectivity index (χ2v) is 7.07. The number of hydrogen-bond donors (Lipinski definition) is 2. The normalized spacial score (nSPS) is 13.0. The number of nitrogens with zero attached hydrogens (tertiary/aromatic N) is 3. The Morgan fingerprint density at radius 3 is 2.69 bits per heavy atom. The highest BCUT2D eigenvalue weighted by molar-refractivity contribution is 6.11. The van der Waals surface area contributed by atoms with Gasteiger partial charge in [-0.25, -0.2) is 4.68 Å². The molecule has 144 valence electrons. The van der Waals surface area contributed by atoms with Gasteiger partial charge in [0.05, 0.1) is 29.1 Å². The number of ketones is 1. The number of nitrogens with one attached hydrogen (secondary N) is 1. The van der Waals surface area contributed by atoms with Gasteiger partial charge in [-0.3, -0.25) is 9.59 Å². The van der Waals surface area contributed by atoms with Gasteiger partial charge < -0.3 is 11.1 Å². The summed E-state index contributed by atoms with van der Waals surface area (Å²) in [7, 11) is 0. The van der Waals surface area contributed by atoms with E-state index in [-0.39, 0.29) is 29.1 Å². The molecular formula is C22H19N5O2. The third-order valence-corrected chi connectivity index (χ3v) is 5.00. The Balaban J connectivity index is 1.69. The van der Waals surface area contributed by atoms with Crippen LogP contribution in [0.15, 0.2) is 48.7 Å². The van der Waals surface area contributed by atoms with Gasteiger partial charge in [-0.05, 0) is 49.6 Å². The molecule has 2 aromatic carbocycles. The largest absolute Gasteiger partial charge is 0.383 e. The van der Waals surface area contributed by atoms with Gasteiger partial charge in [0.25, 0.3) is 5.91 Å². The van der Waals surface area contributed by atoms with Crippen LogP contribution < -0.4 is 11.1 Å². The second-order valence-electron chi connectivity index (χ2n) is 7.07. The summed E-state index contributed by atoms with van der Waals surface area (Å²) in [5, 5.41) is 16.3. The first-order valence-electron chi connectivity index (χ1n) is 9.29. The van der Waals surface area contributed by atoms with Crippen LogP contribution in [0.1, 0.15) is 50.2 Å². The Morgan fingerprint density at radius 1 is 1.21 bits per heavy atom. The molecule has 1 saturated carbocycles. The van der Waals surface area contributed by atoms with Gasteiger partial charge >= 0.3 is 0 Å². The standard InChI is InChI=1S/C22H19N5O2/c1-13-17(22(29)26-16-8-9-16)6-3-7-19(13)27-21(24)18(12-25-27)20(28)15-5-2-4-14(10-15)11-23/h2-7,10,12,16H,8-9,24H2,1H3,(H,26,29). The molecule has 7 nitrogen and oxygen atoms in total. The van der Waals surface area contributed by atoms with Gasteiger partial charge in [0.15, 0.2) is 5.78 Å². The van der Waals surface area contributed by atoms with Crippen LogP contribution in [0.4, 0.5) is 5.82 Å². The molecule has 3 aromatic rings. The summed E-state index contributed by atoms with van der Waals surface area (Å²) < 4.78 is 1.46. The van der Waals surface area contributed by atoms with E-state index < -0.39 is 0 Å². The highest BCUT2D eigenvalue weighted by Crippen LogP contribution is 2.25. The predicted molar refractivity (Wildman–Crippen MR) is 108 cm³/mol. The predicted octanol–water partition coefficient (Wildman–Crippen LogP) is 2.76. The van der Waals surface area contributed by atoms with Crippen molar-refractivity contribution in [1.82, 2.24) is 15.1 Å². The fraction of sp³-hybridized carbons (Fsp3) is 0.182. The van der Waals surface area contributed by atoms with E-state index >= 15 is 0 Å². The molecule has 0 bridgehead atoms. The van der Waals surface area contributed by atoms with Gasteiger partial charge in [-0.1, -0.05) is 18.2 Å². The summed E-state index contributed by atoms with van der Waals surface area (Å²) in [6.45, 7) is 1.83. The van der Waals surface area contributed by atoms with Gasteiger partial charge in [-0.2, -0.15) is 10.4 Å². The van der Waals surface area contributed by atoms with Crippen LogP contribution in [-0.4, -0.2) is 27.5 Å². The lowest BCUT2D eigenvalue weighted by molar-refractivity contribution is 0.0949. The van der Waals surface area contributed by atoms with Crippen molar-refractivity contribution in [3.8, 4) is 11.8 Å². The minimum atomic E-state index is -0.314. The summed E-state index contributed by atoms with van der Waals surface area (Å²) in [6.07, 6.45) is 3.43. The Hall–Kier alpha value is -3.92. The zero-order valence-electron chi connectivity index (χ0n) is 15.8. The number of carbonyl (C=O) groups is 2. The van der Waals surface area contributed by atoms with E-state index in [0.29, 0.717) is 22.4 Å². The number of nitriles is 1. The Labute approximate surface area is 167 Å². The van der Waals surface area contributed by atoms with Crippen LogP contribution >= 0.6 is 0 Å². The van der Waals surface area contributed by atoms with Crippen molar-refractivity contribution in [3.63, 3.8) is 0 Å². The number of nitrogen functional groups attached to an aromatic ring is 1. The molecule has 1 aliphatic carbocycles. The van der Waals surface area contributed by atoms with Crippen molar-refractivity contribution in [2.45, 2.75) is 25.8 Å². The van der Waals surface area contributed by atoms with Crippen LogP contribution in [0.3, 0.4) is 0 Å². The second kappa shape index (κ2) is 7.24. The van der Waals surface area contributed by atoms with Gasteiger partial charge in [-0.15, -0.1) is 0 Å². The fourth-order valence-electron chi connectivity index (χ4n) is 3.20. The number of rotatable bonds is 5. The van der Waals surface area contributed by atoms with Crippen LogP contribution in [-0.2, 0) is 0 Å². The highest BCUT2D eigenvalue weighted by atomic mass is 16.1. The van der Waals surface area contributed by atoms with E-state index in [4.69, 9.17) is 11.0 Å². The molecule has 29 heavy (non-hydrogen) atoms. The molecule has 1 aliphatic rings. The maximum absolute atomic E-state index is 12.9. The number of hydrogen-bond acceptors (Lipinski definition) is 5. The minimum absolute atomic E-state index is 0.123. The quantitative estimate of drug-likeness (QED) is 0.656. The van der Waals surface area contributed by atoms with Crippen molar-refractivity contribution < 1.29 is 9.59 Å². The molecule has 1 amide bonds. The average Bonchev–Trinajstić information content (AvgIpc) is 3.47. The molecule has 4 rings (SSSR count). The average molecular weight is 385 g/mol. The highest BCUT2D eigenvalue weighted by Gasteiger charge is 2.25. The number of anilines is 1. The molecule has 0 unspecified atom stereocenters. The number of amides is 1. The van der Waals surface area contributed by atoms with Gasteiger partial charge in [0, 0.05) is 17.2 Å². The summed E-state index contributed by atoms with van der Waals surface area (Å²) >= 11 is 0. The van der Waals surface area contributed by atoms with E-state index in [1.807, 2.05) is 13.0 Å². The van der Waals surface area contributed by atoms with E-state index in [0.717, 1.165) is 18.4 Å². The van der Waals surface area contributed by atoms with Crippen molar-refractivity contribution >= 4 is 17.5 Å². The zero-order valence-corrected chi connectivity index (χ0v) is 15.8. The molecule has 3 N–H and O–H groups in total. The fourth-order valence-corrected chi connectivity index (χ4v) is 3.20. The maximum Gasteiger partial charge on any atom is 0.251 e. The van der Waals surface area contributed by atoms with Crippen molar-refractivity contribution in [2.24, 2.45) is 0 Å². The van der Waals surface area contributed by atoms with E-state index in [1.165, 1.54) is 16.9 Å². The van der Waals surface area contributed by atoms with E-state index in [2.05, 4.69) is 10.4 Å². The molecule has 0 saturated heterocycles. The van der Waals surface area contributed by atoms with Crippen molar-refractivity contribution in [1.29, 1.82) is 5.26 Å². The zero-order chi connectivity index (χ0) is 20.5. The molecule has 7 heteroatoms. The summed E-state index contributed by atoms with van der Waals surface area (Å²) in [5.41, 5.74) is 9.16. The third-order valence-electron chi connectivity index (χ3n) is 5.00. The van der Waals surface area contributed by atoms with Crippen LogP contribution in [0.5, 0.6) is 0 Å². The SMILES string of the molecule is Cc1c(C(=O)NC2CC2)cccc1-n1ncc(C(=O)c2cccc(C#N)c2)c1N. The molecule has 1 heterocycles. The number of aromatic nitrogens is 2. The lowest BCUT2D eigenvalue weighted by Crippen LogP contribution is -2.26.